The first-order valence-corrected chi connectivity index (χ1v) is 6.64. The van der Waals surface area contributed by atoms with Crippen LogP contribution < -0.4 is 15.0 Å². The summed E-state index contributed by atoms with van der Waals surface area (Å²) >= 11 is 0.857. The number of fused-ring (bicyclic) bond motifs is 1. The Morgan fingerprint density at radius 1 is 1.35 bits per heavy atom. The largest absolute Gasteiger partial charge is 0.482 e. The second kappa shape index (κ2) is 4.68. The number of amides is 3. The molecule has 102 valence electrons. The number of nitrogens with zero attached hydrogens (tertiary/aromatic N) is 1. The minimum absolute atomic E-state index is 0.0245. The van der Waals surface area contributed by atoms with Crippen LogP contribution in [0.5, 0.6) is 5.75 Å². The fourth-order valence-corrected chi connectivity index (χ4v) is 2.63. The van der Waals surface area contributed by atoms with Gasteiger partial charge >= 0.3 is 0 Å². The van der Waals surface area contributed by atoms with Gasteiger partial charge in [-0.2, -0.15) is 0 Å². The molecule has 0 atom stereocenters. The standard InChI is InChI=1S/C13H10N2O4S/c1-15-8-4-7(2-3-9(8)19-6-11(15)16)5-10-12(17)14-13(18)20-10/h2-5H,6H2,1H3,(H,14,17,18)/b10-5+. The van der Waals surface area contributed by atoms with Crippen molar-refractivity contribution >= 4 is 40.6 Å². The first-order chi connectivity index (χ1) is 9.54. The van der Waals surface area contributed by atoms with Gasteiger partial charge < -0.3 is 9.64 Å². The molecule has 0 unspecified atom stereocenters. The normalized spacial score (nSPS) is 19.9. The third kappa shape index (κ3) is 2.16. The van der Waals surface area contributed by atoms with E-state index in [-0.39, 0.29) is 17.8 Å². The van der Waals surface area contributed by atoms with Crippen molar-refractivity contribution < 1.29 is 19.1 Å². The summed E-state index contributed by atoms with van der Waals surface area (Å²) in [5, 5.41) is 1.81. The molecule has 1 saturated heterocycles. The topological polar surface area (TPSA) is 75.7 Å². The Bertz CT molecular complexity index is 668. The first kappa shape index (κ1) is 12.7. The van der Waals surface area contributed by atoms with Crippen LogP contribution in [0.25, 0.3) is 6.08 Å². The molecule has 1 aromatic rings. The molecule has 0 spiro atoms. The first-order valence-electron chi connectivity index (χ1n) is 5.83. The molecule has 1 fully saturated rings. The number of likely N-dealkylation sites (N-methyl/N-ethyl adjacent to an activating group) is 1. The van der Waals surface area contributed by atoms with E-state index in [2.05, 4.69) is 5.32 Å². The molecule has 0 saturated carbocycles. The molecule has 2 heterocycles. The van der Waals surface area contributed by atoms with Crippen molar-refractivity contribution in [2.75, 3.05) is 18.6 Å². The minimum Gasteiger partial charge on any atom is -0.482 e. The third-order valence-corrected chi connectivity index (χ3v) is 3.82. The van der Waals surface area contributed by atoms with Crippen LogP contribution in [0.4, 0.5) is 10.5 Å². The van der Waals surface area contributed by atoms with Gasteiger partial charge in [-0.1, -0.05) is 6.07 Å². The maximum absolute atomic E-state index is 11.6. The van der Waals surface area contributed by atoms with Crippen molar-refractivity contribution in [1.29, 1.82) is 0 Å². The van der Waals surface area contributed by atoms with Crippen LogP contribution in [0.3, 0.4) is 0 Å². The molecule has 7 heteroatoms. The number of carbonyl (C=O) groups excluding carboxylic acids is 3. The highest BCUT2D eigenvalue weighted by atomic mass is 32.2. The number of thioether (sulfide) groups is 1. The van der Waals surface area contributed by atoms with Crippen LogP contribution in [-0.2, 0) is 9.59 Å². The molecule has 1 N–H and O–H groups in total. The molecule has 2 aliphatic rings. The van der Waals surface area contributed by atoms with E-state index in [0.29, 0.717) is 16.3 Å². The Kier molecular flexibility index (Phi) is 2.98. The van der Waals surface area contributed by atoms with Gasteiger partial charge in [0.25, 0.3) is 17.1 Å². The molecule has 3 rings (SSSR count). The summed E-state index contributed by atoms with van der Waals surface area (Å²) in [6.07, 6.45) is 1.61. The summed E-state index contributed by atoms with van der Waals surface area (Å²) in [5.41, 5.74) is 1.37. The lowest BCUT2D eigenvalue weighted by Gasteiger charge is -2.26. The van der Waals surface area contributed by atoms with E-state index < -0.39 is 5.91 Å². The molecular formula is C13H10N2O4S. The number of hydrogen-bond acceptors (Lipinski definition) is 5. The van der Waals surface area contributed by atoms with Gasteiger partial charge in [0, 0.05) is 7.05 Å². The molecule has 0 aromatic heterocycles. The number of carbonyl (C=O) groups is 3. The maximum Gasteiger partial charge on any atom is 0.290 e. The summed E-state index contributed by atoms with van der Waals surface area (Å²) in [6.45, 7) is 0.0245. The van der Waals surface area contributed by atoms with E-state index >= 15 is 0 Å². The number of benzene rings is 1. The summed E-state index contributed by atoms with van der Waals surface area (Å²) in [5.74, 6) is 0.0812. The molecule has 2 aliphatic heterocycles. The number of anilines is 1. The SMILES string of the molecule is CN1C(=O)COc2ccc(/C=C3/SC(=O)NC3=O)cc21. The molecular weight excluding hydrogens is 280 g/mol. The molecule has 0 radical (unpaired) electrons. The lowest BCUT2D eigenvalue weighted by atomic mass is 10.1. The summed E-state index contributed by atoms with van der Waals surface area (Å²) in [4.78, 5) is 36.0. The lowest BCUT2D eigenvalue weighted by molar-refractivity contribution is -0.121. The Hall–Kier alpha value is -2.28. The average Bonchev–Trinajstić information content (AvgIpc) is 2.73. The van der Waals surface area contributed by atoms with Gasteiger partial charge in [0.1, 0.15) is 5.75 Å². The Labute approximate surface area is 118 Å². The van der Waals surface area contributed by atoms with Crippen LogP contribution >= 0.6 is 11.8 Å². The van der Waals surface area contributed by atoms with Gasteiger partial charge in [-0.3, -0.25) is 19.7 Å². The lowest BCUT2D eigenvalue weighted by Crippen LogP contribution is -2.35. The van der Waals surface area contributed by atoms with Crippen LogP contribution in [0.2, 0.25) is 0 Å². The van der Waals surface area contributed by atoms with E-state index in [4.69, 9.17) is 4.74 Å². The second-order valence-corrected chi connectivity index (χ2v) is 5.34. The zero-order valence-electron chi connectivity index (χ0n) is 10.5. The predicted molar refractivity (Wildman–Crippen MR) is 74.5 cm³/mol. The van der Waals surface area contributed by atoms with Crippen LogP contribution in [0, 0.1) is 0 Å². The Morgan fingerprint density at radius 2 is 2.15 bits per heavy atom. The van der Waals surface area contributed by atoms with Crippen molar-refractivity contribution in [2.24, 2.45) is 0 Å². The third-order valence-electron chi connectivity index (χ3n) is 3.01. The number of nitrogens with one attached hydrogen (secondary N) is 1. The van der Waals surface area contributed by atoms with Crippen molar-refractivity contribution in [3.8, 4) is 5.75 Å². The van der Waals surface area contributed by atoms with Crippen molar-refractivity contribution in [2.45, 2.75) is 0 Å². The predicted octanol–water partition coefficient (Wildman–Crippen LogP) is 1.37. The van der Waals surface area contributed by atoms with E-state index in [1.807, 2.05) is 0 Å². The van der Waals surface area contributed by atoms with E-state index in [0.717, 1.165) is 17.3 Å². The molecule has 3 amide bonds. The smallest absolute Gasteiger partial charge is 0.290 e. The van der Waals surface area contributed by atoms with Crippen LogP contribution in [-0.4, -0.2) is 30.7 Å². The zero-order chi connectivity index (χ0) is 14.3. The van der Waals surface area contributed by atoms with Gasteiger partial charge in [-0.25, -0.2) is 0 Å². The Balaban J connectivity index is 1.97. The number of imide groups is 1. The molecule has 20 heavy (non-hydrogen) atoms. The van der Waals surface area contributed by atoms with Gasteiger partial charge in [0.15, 0.2) is 6.61 Å². The van der Waals surface area contributed by atoms with E-state index in [1.54, 1.807) is 31.3 Å². The van der Waals surface area contributed by atoms with Crippen molar-refractivity contribution in [1.82, 2.24) is 5.32 Å². The quantitative estimate of drug-likeness (QED) is 0.790. The van der Waals surface area contributed by atoms with Crippen molar-refractivity contribution in [3.63, 3.8) is 0 Å². The van der Waals surface area contributed by atoms with E-state index in [9.17, 15) is 14.4 Å². The highest BCUT2D eigenvalue weighted by molar-refractivity contribution is 8.18. The summed E-state index contributed by atoms with van der Waals surface area (Å²) in [6, 6.07) is 5.26. The molecule has 0 aliphatic carbocycles. The highest BCUT2D eigenvalue weighted by Gasteiger charge is 2.26. The van der Waals surface area contributed by atoms with Gasteiger partial charge in [0.05, 0.1) is 10.6 Å². The van der Waals surface area contributed by atoms with Crippen LogP contribution in [0.1, 0.15) is 5.56 Å². The van der Waals surface area contributed by atoms with Crippen LogP contribution in [0.15, 0.2) is 23.1 Å². The van der Waals surface area contributed by atoms with Gasteiger partial charge in [0.2, 0.25) is 0 Å². The van der Waals surface area contributed by atoms with Gasteiger partial charge in [-0.05, 0) is 35.5 Å². The summed E-state index contributed by atoms with van der Waals surface area (Å²) < 4.78 is 5.32. The van der Waals surface area contributed by atoms with Gasteiger partial charge in [-0.15, -0.1) is 0 Å². The number of ether oxygens (including phenoxy) is 1. The zero-order valence-corrected chi connectivity index (χ0v) is 11.3. The molecule has 6 nitrogen and oxygen atoms in total. The van der Waals surface area contributed by atoms with Crippen molar-refractivity contribution in [3.05, 3.63) is 28.7 Å². The number of rotatable bonds is 1. The Morgan fingerprint density at radius 3 is 2.85 bits per heavy atom. The second-order valence-electron chi connectivity index (χ2n) is 4.32. The average molecular weight is 290 g/mol. The molecule has 1 aromatic carbocycles. The highest BCUT2D eigenvalue weighted by Crippen LogP contribution is 2.33. The fraction of sp³-hybridized carbons (Fsp3) is 0.154. The molecule has 0 bridgehead atoms. The maximum atomic E-state index is 11.6. The summed E-state index contributed by atoms with van der Waals surface area (Å²) in [7, 11) is 1.67. The van der Waals surface area contributed by atoms with E-state index in [1.165, 1.54) is 4.90 Å². The minimum atomic E-state index is -0.404. The monoisotopic (exact) mass is 290 g/mol. The number of hydrogen-bond donors (Lipinski definition) is 1. The fourth-order valence-electron chi connectivity index (χ4n) is 1.95.